The van der Waals surface area contributed by atoms with E-state index in [1.807, 2.05) is 6.07 Å². The normalized spacial score (nSPS) is 13.9. The molecule has 0 unspecified atom stereocenters. The van der Waals surface area contributed by atoms with E-state index in [0.29, 0.717) is 36.2 Å². The Balaban J connectivity index is 2.37. The summed E-state index contributed by atoms with van der Waals surface area (Å²) in [6.45, 7) is 2.83. The van der Waals surface area contributed by atoms with Crippen LogP contribution in [0.4, 0.5) is 0 Å². The summed E-state index contributed by atoms with van der Waals surface area (Å²) < 4.78 is 11.0. The second kappa shape index (κ2) is 4.21. The molecule has 0 saturated carbocycles. The van der Waals surface area contributed by atoms with Crippen LogP contribution in [0.2, 0.25) is 0 Å². The number of aromatic nitrogens is 1. The highest BCUT2D eigenvalue weighted by Gasteiger charge is 2.16. The summed E-state index contributed by atoms with van der Waals surface area (Å²) in [4.78, 5) is 14.6. The van der Waals surface area contributed by atoms with E-state index in [1.165, 1.54) is 0 Å². The van der Waals surface area contributed by atoms with Crippen molar-refractivity contribution < 1.29 is 9.47 Å². The number of hydrogen-bond acceptors (Lipinski definition) is 3. The van der Waals surface area contributed by atoms with Crippen molar-refractivity contribution in [3.63, 3.8) is 0 Å². The van der Waals surface area contributed by atoms with Crippen molar-refractivity contribution in [2.75, 3.05) is 13.2 Å². The van der Waals surface area contributed by atoms with Gasteiger partial charge < -0.3 is 14.5 Å². The first-order valence-corrected chi connectivity index (χ1v) is 6.25. The van der Waals surface area contributed by atoms with Gasteiger partial charge in [-0.3, -0.25) is 4.79 Å². The molecular formula is C13H12ClNO3. The molecule has 0 atom stereocenters. The lowest BCUT2D eigenvalue weighted by molar-refractivity contribution is 0.172. The molecule has 0 aliphatic carbocycles. The number of fused-ring (bicyclic) bond motifs is 2. The molecular weight excluding hydrogens is 254 g/mol. The Hall–Kier alpha value is -1.68. The number of rotatable bonds is 1. The van der Waals surface area contributed by atoms with Crippen LogP contribution in [0.3, 0.4) is 0 Å². The zero-order valence-corrected chi connectivity index (χ0v) is 10.6. The highest BCUT2D eigenvalue weighted by Crippen LogP contribution is 2.35. The predicted molar refractivity (Wildman–Crippen MR) is 69.9 cm³/mol. The lowest BCUT2D eigenvalue weighted by Crippen LogP contribution is -2.17. The molecule has 0 spiro atoms. The van der Waals surface area contributed by atoms with Gasteiger partial charge in [0.15, 0.2) is 11.5 Å². The molecule has 0 radical (unpaired) electrons. The van der Waals surface area contributed by atoms with Crippen LogP contribution in [-0.2, 0) is 5.88 Å². The first kappa shape index (κ1) is 11.4. The standard InChI is InChI=1S/C13H12ClNO3/c1-7-9(6-14)8-4-11-12(18-3-2-17-11)5-10(8)15-13(7)16/h4-5H,2-3,6H2,1H3,(H,15,16). The Morgan fingerprint density at radius 3 is 2.61 bits per heavy atom. The Kier molecular flexibility index (Phi) is 2.67. The number of H-pyrrole nitrogens is 1. The lowest BCUT2D eigenvalue weighted by atomic mass is 10.0. The molecule has 0 amide bonds. The summed E-state index contributed by atoms with van der Waals surface area (Å²) in [6.07, 6.45) is 0. The third kappa shape index (κ3) is 1.64. The second-order valence-corrected chi connectivity index (χ2v) is 4.50. The molecule has 5 heteroatoms. The molecule has 1 aliphatic rings. The van der Waals surface area contributed by atoms with Crippen molar-refractivity contribution in [2.45, 2.75) is 12.8 Å². The Morgan fingerprint density at radius 1 is 1.28 bits per heavy atom. The smallest absolute Gasteiger partial charge is 0.251 e. The highest BCUT2D eigenvalue weighted by atomic mass is 35.5. The average molecular weight is 266 g/mol. The van der Waals surface area contributed by atoms with Gasteiger partial charge in [0.2, 0.25) is 0 Å². The molecule has 1 aromatic heterocycles. The van der Waals surface area contributed by atoms with E-state index >= 15 is 0 Å². The minimum atomic E-state index is -0.116. The predicted octanol–water partition coefficient (Wildman–Crippen LogP) is 2.35. The maximum atomic E-state index is 11.8. The zero-order valence-electron chi connectivity index (χ0n) is 9.88. The van der Waals surface area contributed by atoms with Crippen LogP contribution in [0.5, 0.6) is 11.5 Å². The van der Waals surface area contributed by atoms with Crippen molar-refractivity contribution in [1.82, 2.24) is 4.98 Å². The van der Waals surface area contributed by atoms with Crippen molar-refractivity contribution in [3.05, 3.63) is 33.6 Å². The van der Waals surface area contributed by atoms with Crippen LogP contribution >= 0.6 is 11.6 Å². The van der Waals surface area contributed by atoms with E-state index < -0.39 is 0 Å². The van der Waals surface area contributed by atoms with E-state index in [0.717, 1.165) is 16.5 Å². The molecule has 4 nitrogen and oxygen atoms in total. The van der Waals surface area contributed by atoms with Gasteiger partial charge in [-0.25, -0.2) is 0 Å². The molecule has 2 heterocycles. The fraction of sp³-hybridized carbons (Fsp3) is 0.308. The first-order valence-electron chi connectivity index (χ1n) is 5.72. The molecule has 3 rings (SSSR count). The van der Waals surface area contributed by atoms with E-state index in [4.69, 9.17) is 21.1 Å². The largest absolute Gasteiger partial charge is 0.486 e. The second-order valence-electron chi connectivity index (χ2n) is 4.23. The molecule has 1 aliphatic heterocycles. The Bertz CT molecular complexity index is 678. The monoisotopic (exact) mass is 265 g/mol. The fourth-order valence-corrected chi connectivity index (χ4v) is 2.51. The average Bonchev–Trinajstić information content (AvgIpc) is 2.38. The number of hydrogen-bond donors (Lipinski definition) is 1. The van der Waals surface area contributed by atoms with Crippen molar-refractivity contribution >= 4 is 22.5 Å². The molecule has 1 aromatic carbocycles. The minimum absolute atomic E-state index is 0.116. The summed E-state index contributed by atoms with van der Waals surface area (Å²) in [5.74, 6) is 1.66. The van der Waals surface area contributed by atoms with Gasteiger partial charge in [-0.1, -0.05) is 0 Å². The molecule has 0 bridgehead atoms. The molecule has 0 saturated heterocycles. The van der Waals surface area contributed by atoms with Gasteiger partial charge in [0.05, 0.1) is 5.52 Å². The number of alkyl halides is 1. The number of ether oxygens (including phenoxy) is 2. The van der Waals surface area contributed by atoms with Gasteiger partial charge in [-0.2, -0.15) is 0 Å². The third-order valence-corrected chi connectivity index (χ3v) is 3.45. The maximum absolute atomic E-state index is 11.8. The van der Waals surface area contributed by atoms with E-state index in [9.17, 15) is 4.79 Å². The van der Waals surface area contributed by atoms with Crippen LogP contribution in [0.25, 0.3) is 10.9 Å². The summed E-state index contributed by atoms with van der Waals surface area (Å²) >= 11 is 5.94. The summed E-state index contributed by atoms with van der Waals surface area (Å²) in [5, 5.41) is 0.909. The van der Waals surface area contributed by atoms with Crippen LogP contribution in [-0.4, -0.2) is 18.2 Å². The molecule has 2 aromatic rings. The lowest BCUT2D eigenvalue weighted by Gasteiger charge is -2.19. The van der Waals surface area contributed by atoms with Crippen LogP contribution < -0.4 is 15.0 Å². The number of aromatic amines is 1. The SMILES string of the molecule is Cc1c(CCl)c2cc3c(cc2[nH]c1=O)OCCO3. The molecule has 94 valence electrons. The summed E-state index contributed by atoms with van der Waals surface area (Å²) in [7, 11) is 0. The van der Waals surface area contributed by atoms with Crippen molar-refractivity contribution in [1.29, 1.82) is 0 Å². The highest BCUT2D eigenvalue weighted by molar-refractivity contribution is 6.18. The summed E-state index contributed by atoms with van der Waals surface area (Å²) in [5.41, 5.74) is 2.10. The van der Waals surface area contributed by atoms with E-state index in [1.54, 1.807) is 13.0 Å². The van der Waals surface area contributed by atoms with Crippen molar-refractivity contribution in [3.8, 4) is 11.5 Å². The maximum Gasteiger partial charge on any atom is 0.251 e. The third-order valence-electron chi connectivity index (χ3n) is 3.18. The van der Waals surface area contributed by atoms with Gasteiger partial charge >= 0.3 is 0 Å². The number of pyridine rings is 1. The first-order chi connectivity index (χ1) is 8.70. The number of halogens is 1. The summed E-state index contributed by atoms with van der Waals surface area (Å²) in [6, 6.07) is 3.67. The molecule has 1 N–H and O–H groups in total. The molecule has 18 heavy (non-hydrogen) atoms. The quantitative estimate of drug-likeness (QED) is 0.806. The van der Waals surface area contributed by atoms with E-state index in [2.05, 4.69) is 4.98 Å². The Morgan fingerprint density at radius 2 is 1.94 bits per heavy atom. The fourth-order valence-electron chi connectivity index (χ4n) is 2.17. The van der Waals surface area contributed by atoms with E-state index in [-0.39, 0.29) is 5.56 Å². The number of benzene rings is 1. The Labute approximate surface area is 108 Å². The van der Waals surface area contributed by atoms with Crippen LogP contribution in [0.1, 0.15) is 11.1 Å². The van der Waals surface area contributed by atoms with Crippen molar-refractivity contribution in [2.24, 2.45) is 0 Å². The topological polar surface area (TPSA) is 51.3 Å². The van der Waals surface area contributed by atoms with Gasteiger partial charge in [-0.05, 0) is 18.6 Å². The van der Waals surface area contributed by atoms with Crippen LogP contribution in [0.15, 0.2) is 16.9 Å². The zero-order chi connectivity index (χ0) is 12.7. The van der Waals surface area contributed by atoms with Gasteiger partial charge in [0.25, 0.3) is 5.56 Å². The van der Waals surface area contributed by atoms with Gasteiger partial charge in [0.1, 0.15) is 13.2 Å². The van der Waals surface area contributed by atoms with Gasteiger partial charge in [0, 0.05) is 22.9 Å². The minimum Gasteiger partial charge on any atom is -0.486 e. The van der Waals surface area contributed by atoms with Crippen LogP contribution in [0, 0.1) is 6.92 Å². The molecule has 0 fully saturated rings. The van der Waals surface area contributed by atoms with Gasteiger partial charge in [-0.15, -0.1) is 11.6 Å². The number of nitrogens with one attached hydrogen (secondary N) is 1.